The molecule has 124 valence electrons. The van der Waals surface area contributed by atoms with Gasteiger partial charge >= 0.3 is 0 Å². The number of carbonyl (C=O) groups excluding carboxylic acids is 2. The summed E-state index contributed by atoms with van der Waals surface area (Å²) in [7, 11) is 0. The predicted octanol–water partition coefficient (Wildman–Crippen LogP) is 2.66. The molecule has 2 aromatic heterocycles. The van der Waals surface area contributed by atoms with Crippen LogP contribution < -0.4 is 10.6 Å². The van der Waals surface area contributed by atoms with Crippen molar-refractivity contribution in [3.63, 3.8) is 0 Å². The van der Waals surface area contributed by atoms with Crippen LogP contribution >= 0.6 is 0 Å². The summed E-state index contributed by atoms with van der Waals surface area (Å²) in [5.74, 6) is 0.199. The first-order valence-electron chi connectivity index (χ1n) is 7.71. The first-order valence-corrected chi connectivity index (χ1v) is 7.71. The van der Waals surface area contributed by atoms with E-state index in [0.29, 0.717) is 11.7 Å². The monoisotopic (exact) mass is 318 g/mol. The number of amides is 2. The Balaban J connectivity index is 1.89. The van der Waals surface area contributed by atoms with Gasteiger partial charge in [-0.2, -0.15) is 5.10 Å². The lowest BCUT2D eigenvalue weighted by Gasteiger charge is -2.11. The summed E-state index contributed by atoms with van der Waals surface area (Å²) >= 11 is 0. The smallest absolute Gasteiger partial charge is 0.287 e. The Bertz CT molecular complexity index is 648. The van der Waals surface area contributed by atoms with E-state index in [0.717, 1.165) is 18.5 Å². The van der Waals surface area contributed by atoms with Crippen LogP contribution in [-0.2, 0) is 4.79 Å². The zero-order valence-electron chi connectivity index (χ0n) is 13.6. The largest absolute Gasteiger partial charge is 0.459 e. The van der Waals surface area contributed by atoms with Crippen molar-refractivity contribution in [1.82, 2.24) is 15.5 Å². The van der Waals surface area contributed by atoms with Crippen molar-refractivity contribution >= 4 is 17.6 Å². The third-order valence-corrected chi connectivity index (χ3v) is 3.59. The molecule has 2 atom stereocenters. The van der Waals surface area contributed by atoms with Gasteiger partial charge in [0.2, 0.25) is 5.91 Å². The molecular weight excluding hydrogens is 296 g/mol. The van der Waals surface area contributed by atoms with E-state index < -0.39 is 11.9 Å². The highest BCUT2D eigenvalue weighted by Gasteiger charge is 2.19. The first kappa shape index (κ1) is 16.8. The van der Waals surface area contributed by atoms with Crippen molar-refractivity contribution in [1.29, 1.82) is 0 Å². The van der Waals surface area contributed by atoms with Gasteiger partial charge in [-0.15, -0.1) is 0 Å². The van der Waals surface area contributed by atoms with Crippen LogP contribution in [0.15, 0.2) is 28.9 Å². The minimum absolute atomic E-state index is 0.167. The molecule has 3 N–H and O–H groups in total. The molecule has 2 rings (SSSR count). The number of anilines is 1. The quantitative estimate of drug-likeness (QED) is 0.730. The Morgan fingerprint density at radius 2 is 2.17 bits per heavy atom. The number of aromatic amines is 1. The van der Waals surface area contributed by atoms with E-state index in [4.69, 9.17) is 4.42 Å². The molecule has 0 saturated carbocycles. The summed E-state index contributed by atoms with van der Waals surface area (Å²) in [6, 6.07) is 4.26. The summed E-state index contributed by atoms with van der Waals surface area (Å²) < 4.78 is 4.99. The van der Waals surface area contributed by atoms with Crippen molar-refractivity contribution < 1.29 is 14.0 Å². The van der Waals surface area contributed by atoms with E-state index in [1.165, 1.54) is 12.3 Å². The number of furan rings is 1. The number of nitrogens with one attached hydrogen (secondary N) is 3. The first-order chi connectivity index (χ1) is 11.0. The maximum atomic E-state index is 12.1. The van der Waals surface area contributed by atoms with Crippen LogP contribution in [0.5, 0.6) is 0 Å². The van der Waals surface area contributed by atoms with Crippen molar-refractivity contribution in [2.75, 3.05) is 5.32 Å². The highest BCUT2D eigenvalue weighted by Crippen LogP contribution is 2.20. The molecule has 0 saturated heterocycles. The summed E-state index contributed by atoms with van der Waals surface area (Å²) in [4.78, 5) is 23.9. The molecule has 2 aromatic rings. The molecule has 0 fully saturated rings. The van der Waals surface area contributed by atoms with Crippen LogP contribution in [0.25, 0.3) is 0 Å². The van der Waals surface area contributed by atoms with Crippen LogP contribution in [0.4, 0.5) is 5.82 Å². The lowest BCUT2D eigenvalue weighted by Crippen LogP contribution is -2.41. The number of hydrogen-bond donors (Lipinski definition) is 3. The average Bonchev–Trinajstić information content (AvgIpc) is 3.18. The summed E-state index contributed by atoms with van der Waals surface area (Å²) in [6.45, 7) is 5.83. The second-order valence-electron chi connectivity index (χ2n) is 5.56. The van der Waals surface area contributed by atoms with Crippen LogP contribution in [-0.4, -0.2) is 28.1 Å². The molecule has 0 bridgehead atoms. The number of nitrogens with zero attached hydrogens (tertiary/aromatic N) is 1. The molecule has 2 amide bonds. The summed E-state index contributed by atoms with van der Waals surface area (Å²) in [5.41, 5.74) is 0.981. The minimum Gasteiger partial charge on any atom is -0.459 e. The van der Waals surface area contributed by atoms with Crippen LogP contribution in [0.2, 0.25) is 0 Å². The van der Waals surface area contributed by atoms with E-state index in [1.54, 1.807) is 13.0 Å². The zero-order valence-corrected chi connectivity index (χ0v) is 13.6. The van der Waals surface area contributed by atoms with Crippen LogP contribution in [0, 0.1) is 0 Å². The fourth-order valence-corrected chi connectivity index (χ4v) is 2.22. The molecule has 0 aliphatic rings. The van der Waals surface area contributed by atoms with Crippen molar-refractivity contribution in [2.45, 2.75) is 45.6 Å². The normalized spacial score (nSPS) is 13.3. The Morgan fingerprint density at radius 1 is 1.39 bits per heavy atom. The second kappa shape index (κ2) is 7.62. The maximum Gasteiger partial charge on any atom is 0.287 e. The lowest BCUT2D eigenvalue weighted by atomic mass is 10.0. The fraction of sp³-hybridized carbons (Fsp3) is 0.438. The highest BCUT2D eigenvalue weighted by atomic mass is 16.3. The second-order valence-corrected chi connectivity index (χ2v) is 5.56. The number of carbonyl (C=O) groups is 2. The predicted molar refractivity (Wildman–Crippen MR) is 86.2 cm³/mol. The van der Waals surface area contributed by atoms with Crippen LogP contribution in [0.1, 0.15) is 55.8 Å². The minimum atomic E-state index is -0.708. The van der Waals surface area contributed by atoms with E-state index in [2.05, 4.69) is 34.7 Å². The fourth-order valence-electron chi connectivity index (χ4n) is 2.22. The molecule has 0 radical (unpaired) electrons. The molecule has 7 heteroatoms. The molecule has 2 heterocycles. The topological polar surface area (TPSA) is 100 Å². The van der Waals surface area contributed by atoms with Crippen molar-refractivity contribution in [3.8, 4) is 0 Å². The van der Waals surface area contributed by atoms with E-state index >= 15 is 0 Å². The van der Waals surface area contributed by atoms with E-state index in [-0.39, 0.29) is 11.7 Å². The molecule has 23 heavy (non-hydrogen) atoms. The van der Waals surface area contributed by atoms with E-state index in [1.807, 2.05) is 6.07 Å². The van der Waals surface area contributed by atoms with E-state index in [9.17, 15) is 9.59 Å². The Labute approximate surface area is 134 Å². The Kier molecular flexibility index (Phi) is 5.56. The van der Waals surface area contributed by atoms with Gasteiger partial charge in [-0.05, 0) is 31.4 Å². The van der Waals surface area contributed by atoms with Crippen molar-refractivity contribution in [2.24, 2.45) is 0 Å². The molecule has 7 nitrogen and oxygen atoms in total. The highest BCUT2D eigenvalue weighted by molar-refractivity contribution is 5.99. The average molecular weight is 318 g/mol. The molecule has 0 aromatic carbocycles. The van der Waals surface area contributed by atoms with Gasteiger partial charge in [0, 0.05) is 11.8 Å². The van der Waals surface area contributed by atoms with Crippen LogP contribution in [0.3, 0.4) is 0 Å². The Morgan fingerprint density at radius 3 is 2.83 bits per heavy atom. The molecule has 0 aliphatic heterocycles. The number of rotatable bonds is 7. The number of hydrogen-bond acceptors (Lipinski definition) is 4. The molecule has 0 aliphatic carbocycles. The van der Waals surface area contributed by atoms with Gasteiger partial charge in [0.05, 0.1) is 6.26 Å². The zero-order chi connectivity index (χ0) is 16.8. The standard InChI is InChI=1S/C16H22N4O3/c1-4-6-10(2)12-9-14(20-19-12)18-15(21)11(3)17-16(22)13-7-5-8-23-13/h5,7-11H,4,6H2,1-3H3,(H,17,22)(H2,18,19,20,21)/t10-,11-/m1/s1. The number of aromatic nitrogens is 2. The van der Waals surface area contributed by atoms with Gasteiger partial charge in [-0.1, -0.05) is 20.3 Å². The molecular formula is C16H22N4O3. The van der Waals surface area contributed by atoms with Gasteiger partial charge in [0.15, 0.2) is 11.6 Å². The van der Waals surface area contributed by atoms with Gasteiger partial charge in [0.25, 0.3) is 5.91 Å². The van der Waals surface area contributed by atoms with Gasteiger partial charge < -0.3 is 15.1 Å². The SMILES string of the molecule is CCC[C@@H](C)c1cc(NC(=O)[C@@H](C)NC(=O)c2ccco2)n[nH]1. The maximum absolute atomic E-state index is 12.1. The summed E-state index contributed by atoms with van der Waals surface area (Å²) in [5, 5.41) is 12.3. The van der Waals surface area contributed by atoms with Gasteiger partial charge in [-0.3, -0.25) is 14.7 Å². The number of H-pyrrole nitrogens is 1. The van der Waals surface area contributed by atoms with Crippen molar-refractivity contribution in [3.05, 3.63) is 35.9 Å². The van der Waals surface area contributed by atoms with Gasteiger partial charge in [-0.25, -0.2) is 0 Å². The third kappa shape index (κ3) is 4.45. The third-order valence-electron chi connectivity index (χ3n) is 3.59. The lowest BCUT2D eigenvalue weighted by molar-refractivity contribution is -0.117. The summed E-state index contributed by atoms with van der Waals surface area (Å²) in [6.07, 6.45) is 3.53. The molecule has 0 spiro atoms. The Hall–Kier alpha value is -2.57. The molecule has 0 unspecified atom stereocenters. The van der Waals surface area contributed by atoms with Gasteiger partial charge in [0.1, 0.15) is 6.04 Å².